The van der Waals surface area contributed by atoms with Crippen LogP contribution in [0.1, 0.15) is 22.6 Å². The van der Waals surface area contributed by atoms with Crippen molar-refractivity contribution in [3.63, 3.8) is 0 Å². The van der Waals surface area contributed by atoms with Crippen LogP contribution in [0.3, 0.4) is 0 Å². The van der Waals surface area contributed by atoms with Crippen molar-refractivity contribution in [2.24, 2.45) is 0 Å². The number of aryl methyl sites for hydroxylation is 1. The van der Waals surface area contributed by atoms with Crippen LogP contribution in [0.5, 0.6) is 17.2 Å². The maximum Gasteiger partial charge on any atom is 0.254 e. The van der Waals surface area contributed by atoms with Gasteiger partial charge in [-0.1, -0.05) is 12.1 Å². The van der Waals surface area contributed by atoms with Gasteiger partial charge in [0.15, 0.2) is 17.3 Å². The van der Waals surface area contributed by atoms with Crippen LogP contribution < -0.4 is 19.5 Å². The fraction of sp³-hybridized carbons (Fsp3) is 0.261. The van der Waals surface area contributed by atoms with E-state index in [1.54, 1.807) is 31.9 Å². The van der Waals surface area contributed by atoms with Crippen molar-refractivity contribution in [3.05, 3.63) is 64.9 Å². The first-order valence-corrected chi connectivity index (χ1v) is 9.97. The van der Waals surface area contributed by atoms with Gasteiger partial charge >= 0.3 is 0 Å². The number of rotatable bonds is 7. The first kappa shape index (κ1) is 21.4. The molecular weight excluding hydrogens is 413 g/mol. The molecule has 0 fully saturated rings. The summed E-state index contributed by atoms with van der Waals surface area (Å²) in [5.74, 6) is 2.97. The number of anilines is 2. The van der Waals surface area contributed by atoms with Crippen molar-refractivity contribution in [1.29, 1.82) is 0 Å². The SMILES string of the molecule is COc1cc(Nc2c(C)c(C)nc3nc(Cc4cccc(F)c4)nn23)cc(OC)c1OC. The third-order valence-electron chi connectivity index (χ3n) is 5.19. The molecule has 9 heteroatoms. The lowest BCUT2D eigenvalue weighted by molar-refractivity contribution is 0.324. The molecule has 2 aromatic heterocycles. The molecule has 0 bridgehead atoms. The zero-order valence-corrected chi connectivity index (χ0v) is 18.6. The zero-order chi connectivity index (χ0) is 22.8. The molecule has 2 heterocycles. The van der Waals surface area contributed by atoms with E-state index in [-0.39, 0.29) is 5.82 Å². The van der Waals surface area contributed by atoms with E-state index in [4.69, 9.17) is 14.2 Å². The molecule has 4 rings (SSSR count). The van der Waals surface area contributed by atoms with E-state index in [9.17, 15) is 4.39 Å². The summed E-state index contributed by atoms with van der Waals surface area (Å²) < 4.78 is 31.5. The van der Waals surface area contributed by atoms with Gasteiger partial charge < -0.3 is 19.5 Å². The van der Waals surface area contributed by atoms with Crippen LogP contribution in [-0.4, -0.2) is 40.9 Å². The lowest BCUT2D eigenvalue weighted by Crippen LogP contribution is -2.07. The van der Waals surface area contributed by atoms with Gasteiger partial charge in [-0.2, -0.15) is 9.50 Å². The Kier molecular flexibility index (Phi) is 5.81. The number of fused-ring (bicyclic) bond motifs is 1. The number of aromatic nitrogens is 4. The number of methoxy groups -OCH3 is 3. The summed E-state index contributed by atoms with van der Waals surface area (Å²) in [7, 11) is 4.69. The summed E-state index contributed by atoms with van der Waals surface area (Å²) in [6.45, 7) is 3.87. The lowest BCUT2D eigenvalue weighted by Gasteiger charge is -2.16. The van der Waals surface area contributed by atoms with Gasteiger partial charge in [0.05, 0.1) is 21.3 Å². The van der Waals surface area contributed by atoms with E-state index in [1.807, 2.05) is 32.0 Å². The Balaban J connectivity index is 1.77. The summed E-state index contributed by atoms with van der Waals surface area (Å²) in [6.07, 6.45) is 0.392. The highest BCUT2D eigenvalue weighted by atomic mass is 19.1. The second-order valence-electron chi connectivity index (χ2n) is 7.26. The average Bonchev–Trinajstić information content (AvgIpc) is 3.17. The number of halogens is 1. The van der Waals surface area contributed by atoms with E-state index in [0.717, 1.165) is 22.5 Å². The molecule has 8 nitrogen and oxygen atoms in total. The highest BCUT2D eigenvalue weighted by Crippen LogP contribution is 2.40. The molecule has 4 aromatic rings. The first-order valence-electron chi connectivity index (χ1n) is 9.97. The van der Waals surface area contributed by atoms with Gasteiger partial charge in [-0.25, -0.2) is 9.37 Å². The largest absolute Gasteiger partial charge is 0.493 e. The molecule has 0 radical (unpaired) electrons. The van der Waals surface area contributed by atoms with Crippen LogP contribution in [0.2, 0.25) is 0 Å². The summed E-state index contributed by atoms with van der Waals surface area (Å²) in [5.41, 5.74) is 3.23. The maximum atomic E-state index is 13.6. The Labute approximate surface area is 185 Å². The quantitative estimate of drug-likeness (QED) is 0.463. The summed E-state index contributed by atoms with van der Waals surface area (Å²) >= 11 is 0. The first-order chi connectivity index (χ1) is 15.4. The highest BCUT2D eigenvalue weighted by Gasteiger charge is 2.18. The van der Waals surface area contributed by atoms with Crippen LogP contribution in [0, 0.1) is 19.7 Å². The van der Waals surface area contributed by atoms with Crippen molar-refractivity contribution >= 4 is 17.3 Å². The minimum Gasteiger partial charge on any atom is -0.493 e. The molecule has 0 aliphatic heterocycles. The van der Waals surface area contributed by atoms with Gasteiger partial charge in [0.2, 0.25) is 5.75 Å². The summed E-state index contributed by atoms with van der Waals surface area (Å²) in [4.78, 5) is 9.10. The molecule has 0 saturated heterocycles. The van der Waals surface area contributed by atoms with Crippen LogP contribution in [0.15, 0.2) is 36.4 Å². The maximum absolute atomic E-state index is 13.6. The van der Waals surface area contributed by atoms with E-state index in [0.29, 0.717) is 41.1 Å². The predicted molar refractivity (Wildman–Crippen MR) is 119 cm³/mol. The van der Waals surface area contributed by atoms with Gasteiger partial charge in [0.25, 0.3) is 5.78 Å². The van der Waals surface area contributed by atoms with Crippen LogP contribution in [-0.2, 0) is 6.42 Å². The highest BCUT2D eigenvalue weighted by molar-refractivity contribution is 5.69. The Bertz CT molecular complexity index is 1260. The van der Waals surface area contributed by atoms with Crippen molar-refractivity contribution in [3.8, 4) is 17.2 Å². The van der Waals surface area contributed by atoms with Crippen molar-refractivity contribution < 1.29 is 18.6 Å². The molecule has 1 N–H and O–H groups in total. The Morgan fingerprint density at radius 1 is 0.969 bits per heavy atom. The monoisotopic (exact) mass is 437 g/mol. The Morgan fingerprint density at radius 2 is 1.69 bits per heavy atom. The van der Waals surface area contributed by atoms with Gasteiger partial charge in [0.1, 0.15) is 11.6 Å². The Morgan fingerprint density at radius 3 is 2.31 bits per heavy atom. The third-order valence-corrected chi connectivity index (χ3v) is 5.19. The van der Waals surface area contributed by atoms with Gasteiger partial charge in [-0.05, 0) is 31.5 Å². The van der Waals surface area contributed by atoms with E-state index >= 15 is 0 Å². The molecule has 0 unspecified atom stereocenters. The molecule has 32 heavy (non-hydrogen) atoms. The molecule has 0 spiro atoms. The lowest BCUT2D eigenvalue weighted by atomic mass is 10.1. The fourth-order valence-corrected chi connectivity index (χ4v) is 3.47. The van der Waals surface area contributed by atoms with Crippen molar-refractivity contribution in [2.45, 2.75) is 20.3 Å². The standard InChI is InChI=1S/C23H24FN5O3/c1-13-14(2)25-23-27-20(10-15-7-6-8-16(24)9-15)28-29(23)22(13)26-17-11-18(30-3)21(32-5)19(12-17)31-4/h6-9,11-12,26H,10H2,1-5H3. The minimum absolute atomic E-state index is 0.291. The minimum atomic E-state index is -0.291. The van der Waals surface area contributed by atoms with Crippen molar-refractivity contribution in [2.75, 3.05) is 26.6 Å². The van der Waals surface area contributed by atoms with E-state index in [1.165, 1.54) is 12.1 Å². The topological polar surface area (TPSA) is 82.8 Å². The number of ether oxygens (including phenoxy) is 3. The second kappa shape index (κ2) is 8.70. The number of hydrogen-bond acceptors (Lipinski definition) is 7. The summed E-state index contributed by atoms with van der Waals surface area (Å²) in [5, 5.41) is 8.01. The smallest absolute Gasteiger partial charge is 0.254 e. The number of hydrogen-bond donors (Lipinski definition) is 1. The predicted octanol–water partition coefficient (Wildman–Crippen LogP) is 4.24. The number of benzene rings is 2. The fourth-order valence-electron chi connectivity index (χ4n) is 3.47. The van der Waals surface area contributed by atoms with Crippen molar-refractivity contribution in [1.82, 2.24) is 19.6 Å². The molecule has 0 saturated carbocycles. The molecule has 0 amide bonds. The van der Waals surface area contributed by atoms with E-state index in [2.05, 4.69) is 20.4 Å². The molecule has 2 aromatic carbocycles. The Hall–Kier alpha value is -3.88. The van der Waals surface area contributed by atoms with Crippen LogP contribution in [0.4, 0.5) is 15.9 Å². The third kappa shape index (κ3) is 4.01. The van der Waals surface area contributed by atoms with Crippen LogP contribution >= 0.6 is 0 Å². The number of nitrogens with one attached hydrogen (secondary N) is 1. The number of nitrogens with zero attached hydrogens (tertiary/aromatic N) is 4. The molecule has 166 valence electrons. The average molecular weight is 437 g/mol. The summed E-state index contributed by atoms with van der Waals surface area (Å²) in [6, 6.07) is 10.0. The second-order valence-corrected chi connectivity index (χ2v) is 7.26. The zero-order valence-electron chi connectivity index (χ0n) is 18.6. The molecular formula is C23H24FN5O3. The molecule has 0 atom stereocenters. The van der Waals surface area contributed by atoms with Gasteiger partial charge in [0, 0.05) is 35.5 Å². The van der Waals surface area contributed by atoms with E-state index < -0.39 is 0 Å². The molecule has 0 aliphatic carbocycles. The van der Waals surface area contributed by atoms with Gasteiger partial charge in [-0.3, -0.25) is 0 Å². The van der Waals surface area contributed by atoms with Gasteiger partial charge in [-0.15, -0.1) is 5.10 Å². The van der Waals surface area contributed by atoms with Crippen LogP contribution in [0.25, 0.3) is 5.78 Å². The molecule has 0 aliphatic rings. The normalized spacial score (nSPS) is 10.9.